The smallest absolute Gasteiger partial charge is 0.183 e. The van der Waals surface area contributed by atoms with Crippen LogP contribution in [0.1, 0.15) is 0 Å². The van der Waals surface area contributed by atoms with E-state index in [2.05, 4.69) is 10.2 Å². The van der Waals surface area contributed by atoms with E-state index in [0.29, 0.717) is 0 Å². The molecule has 0 heterocycles. The molecule has 0 saturated heterocycles. The maximum atomic E-state index is 6.19. The Hall–Kier alpha value is -1.75. The van der Waals surface area contributed by atoms with Crippen LogP contribution in [-0.2, 0) is 11.8 Å². The molecule has 0 saturated carbocycles. The summed E-state index contributed by atoms with van der Waals surface area (Å²) in [6.45, 7) is -2.47. The molecule has 7 heteroatoms. The van der Waals surface area contributed by atoms with Gasteiger partial charge in [0.25, 0.3) is 0 Å². The van der Waals surface area contributed by atoms with E-state index < -0.39 is 6.49 Å². The van der Waals surface area contributed by atoms with Crippen LogP contribution in [0.5, 0.6) is 11.5 Å². The first-order valence-corrected chi connectivity index (χ1v) is 9.13. The average molecular weight is 323 g/mol. The van der Waals surface area contributed by atoms with Crippen molar-refractivity contribution in [1.82, 2.24) is 0 Å². The molecule has 0 bridgehead atoms. The first-order valence-electron chi connectivity index (χ1n) is 6.26. The van der Waals surface area contributed by atoms with Gasteiger partial charge < -0.3 is 19.6 Å². The monoisotopic (exact) mass is 323 g/mol. The first kappa shape index (κ1) is 15.6. The van der Waals surface area contributed by atoms with Crippen LogP contribution in [0.15, 0.2) is 48.5 Å². The van der Waals surface area contributed by atoms with Crippen LogP contribution in [0.4, 0.5) is 11.4 Å². The highest BCUT2D eigenvalue weighted by atomic mass is 32.4. The number of hydrogen-bond donors (Lipinski definition) is 3. The second kappa shape index (κ2) is 6.80. The number of hydrogen-bond acceptors (Lipinski definition) is 3. The molecule has 0 aliphatic heterocycles. The number of nitrogens with one attached hydrogen (secondary N) is 2. The number of methoxy groups -OCH3 is 2. The van der Waals surface area contributed by atoms with E-state index >= 15 is 0 Å². The molecule has 0 unspecified atom stereocenters. The summed E-state index contributed by atoms with van der Waals surface area (Å²) in [6, 6.07) is 15.0. The van der Waals surface area contributed by atoms with Crippen molar-refractivity contribution in [2.24, 2.45) is 5.50 Å². The molecule has 21 heavy (non-hydrogen) atoms. The summed E-state index contributed by atoms with van der Waals surface area (Å²) < 4.78 is 10.4. The lowest BCUT2D eigenvalue weighted by atomic mass is 10.3. The highest BCUT2D eigenvalue weighted by Crippen LogP contribution is 2.39. The summed E-state index contributed by atoms with van der Waals surface area (Å²) in [7, 11) is 3.23. The van der Waals surface area contributed by atoms with Gasteiger partial charge in [0.1, 0.15) is 11.5 Å². The van der Waals surface area contributed by atoms with Gasteiger partial charge in [-0.05, 0) is 36.1 Å². The fourth-order valence-corrected chi connectivity index (χ4v) is 3.53. The SMILES string of the molecule is COc1cccc(NP(N)(=S)Nc2cccc(OC)c2)c1. The molecule has 0 aliphatic carbocycles. The Morgan fingerprint density at radius 2 is 1.33 bits per heavy atom. The van der Waals surface area contributed by atoms with Crippen molar-refractivity contribution in [2.75, 3.05) is 24.4 Å². The molecule has 0 atom stereocenters. The minimum atomic E-state index is -2.47. The lowest BCUT2D eigenvalue weighted by molar-refractivity contribution is 0.415. The maximum absolute atomic E-state index is 6.19. The largest absolute Gasteiger partial charge is 0.497 e. The summed E-state index contributed by atoms with van der Waals surface area (Å²) in [4.78, 5) is 0. The fourth-order valence-electron chi connectivity index (χ4n) is 1.80. The van der Waals surface area contributed by atoms with Gasteiger partial charge >= 0.3 is 0 Å². The normalized spacial score (nSPS) is 10.8. The van der Waals surface area contributed by atoms with E-state index in [0.717, 1.165) is 22.9 Å². The summed E-state index contributed by atoms with van der Waals surface area (Å²) >= 11 is 5.45. The second-order valence-corrected chi connectivity index (χ2v) is 7.84. The molecule has 5 nitrogen and oxygen atoms in total. The number of rotatable bonds is 6. The molecule has 0 spiro atoms. The molecular formula is C14H18N3O2PS. The molecule has 2 aromatic rings. The first-order chi connectivity index (χ1) is 10.0. The third kappa shape index (κ3) is 4.63. The van der Waals surface area contributed by atoms with Gasteiger partial charge in [-0.1, -0.05) is 12.1 Å². The van der Waals surface area contributed by atoms with Crippen molar-refractivity contribution in [2.45, 2.75) is 0 Å². The zero-order valence-corrected chi connectivity index (χ0v) is 13.6. The fraction of sp³-hybridized carbons (Fsp3) is 0.143. The predicted molar refractivity (Wildman–Crippen MR) is 91.7 cm³/mol. The summed E-state index contributed by atoms with van der Waals surface area (Å²) in [5, 5.41) is 6.30. The molecule has 4 N–H and O–H groups in total. The second-order valence-electron chi connectivity index (χ2n) is 4.35. The van der Waals surface area contributed by atoms with Crippen LogP contribution < -0.4 is 25.2 Å². The van der Waals surface area contributed by atoms with E-state index in [-0.39, 0.29) is 0 Å². The zero-order valence-electron chi connectivity index (χ0n) is 11.9. The molecule has 0 radical (unpaired) electrons. The highest BCUT2D eigenvalue weighted by Gasteiger charge is 2.11. The van der Waals surface area contributed by atoms with Crippen molar-refractivity contribution in [1.29, 1.82) is 0 Å². The van der Waals surface area contributed by atoms with Crippen LogP contribution in [0.2, 0.25) is 0 Å². The Bertz CT molecular complexity index is 613. The van der Waals surface area contributed by atoms with Gasteiger partial charge in [-0.3, -0.25) is 5.50 Å². The number of benzene rings is 2. The lowest BCUT2D eigenvalue weighted by Gasteiger charge is -2.22. The van der Waals surface area contributed by atoms with Crippen LogP contribution in [0, 0.1) is 0 Å². The number of anilines is 2. The van der Waals surface area contributed by atoms with Gasteiger partial charge in [0.05, 0.1) is 14.2 Å². The van der Waals surface area contributed by atoms with Gasteiger partial charge in [-0.25, -0.2) is 0 Å². The molecule has 0 amide bonds. The minimum Gasteiger partial charge on any atom is -0.497 e. The van der Waals surface area contributed by atoms with E-state index in [1.807, 2.05) is 48.5 Å². The summed E-state index contributed by atoms with van der Waals surface area (Å²) in [5.74, 6) is 1.49. The Morgan fingerprint density at radius 1 is 0.905 bits per heavy atom. The van der Waals surface area contributed by atoms with E-state index in [9.17, 15) is 0 Å². The Balaban J connectivity index is 2.12. The van der Waals surface area contributed by atoms with E-state index in [1.54, 1.807) is 14.2 Å². The van der Waals surface area contributed by atoms with E-state index in [1.165, 1.54) is 0 Å². The molecule has 0 aliphatic rings. The number of nitrogens with two attached hydrogens (primary N) is 1. The van der Waals surface area contributed by atoms with Crippen molar-refractivity contribution in [3.63, 3.8) is 0 Å². The van der Waals surface area contributed by atoms with Gasteiger partial charge in [0.15, 0.2) is 6.49 Å². The molecule has 2 aromatic carbocycles. The average Bonchev–Trinajstić information content (AvgIpc) is 2.46. The maximum Gasteiger partial charge on any atom is 0.183 e. The van der Waals surface area contributed by atoms with Crippen molar-refractivity contribution < 1.29 is 9.47 Å². The third-order valence-electron chi connectivity index (χ3n) is 2.73. The van der Waals surface area contributed by atoms with Crippen LogP contribution in [-0.4, -0.2) is 14.2 Å². The summed E-state index contributed by atoms with van der Waals surface area (Å²) in [6.07, 6.45) is 0. The van der Waals surface area contributed by atoms with Crippen LogP contribution in [0.3, 0.4) is 0 Å². The van der Waals surface area contributed by atoms with Gasteiger partial charge in [-0.2, -0.15) is 0 Å². The standard InChI is InChI=1S/C14H18N3O2PS/c1-18-13-7-3-5-11(9-13)16-20(15,21)17-12-6-4-8-14(10-12)19-2/h3-10H,1-2H3,(H4,15,16,17,21). The van der Waals surface area contributed by atoms with Crippen molar-refractivity contribution in [3.05, 3.63) is 48.5 Å². The molecule has 112 valence electrons. The van der Waals surface area contributed by atoms with E-state index in [4.69, 9.17) is 26.8 Å². The van der Waals surface area contributed by atoms with Crippen LogP contribution in [0.25, 0.3) is 0 Å². The molecule has 2 rings (SSSR count). The Morgan fingerprint density at radius 3 is 1.71 bits per heavy atom. The molecule has 0 fully saturated rings. The van der Waals surface area contributed by atoms with Gasteiger partial charge in [0, 0.05) is 23.5 Å². The minimum absolute atomic E-state index is 0.747. The van der Waals surface area contributed by atoms with Gasteiger partial charge in [0.2, 0.25) is 0 Å². The predicted octanol–water partition coefficient (Wildman–Crippen LogP) is 3.41. The van der Waals surface area contributed by atoms with Gasteiger partial charge in [-0.15, -0.1) is 0 Å². The Kier molecular flexibility index (Phi) is 5.07. The van der Waals surface area contributed by atoms with Crippen molar-refractivity contribution >= 4 is 29.7 Å². The zero-order chi connectivity index (χ0) is 15.3. The van der Waals surface area contributed by atoms with Crippen LogP contribution >= 0.6 is 6.49 Å². The highest BCUT2D eigenvalue weighted by molar-refractivity contribution is 8.14. The topological polar surface area (TPSA) is 68.5 Å². The van der Waals surface area contributed by atoms with Crippen molar-refractivity contribution in [3.8, 4) is 11.5 Å². The molecule has 0 aromatic heterocycles. The number of ether oxygens (including phenoxy) is 2. The Labute approximate surface area is 129 Å². The lowest BCUT2D eigenvalue weighted by Crippen LogP contribution is -2.13. The molecular weight excluding hydrogens is 305 g/mol. The third-order valence-corrected chi connectivity index (χ3v) is 4.46. The quantitative estimate of drug-likeness (QED) is 0.708. The summed E-state index contributed by atoms with van der Waals surface area (Å²) in [5.41, 5.74) is 7.82.